The molecule has 3 rings (SSSR count). The van der Waals surface area contributed by atoms with Crippen molar-refractivity contribution in [2.75, 3.05) is 22.9 Å². The predicted octanol–water partition coefficient (Wildman–Crippen LogP) is 3.33. The predicted molar refractivity (Wildman–Crippen MR) is 94.6 cm³/mol. The number of anilines is 2. The lowest BCUT2D eigenvalue weighted by Crippen LogP contribution is -2.27. The van der Waals surface area contributed by atoms with Gasteiger partial charge in [0.2, 0.25) is 0 Å². The van der Waals surface area contributed by atoms with Gasteiger partial charge in [0.25, 0.3) is 15.9 Å². The summed E-state index contributed by atoms with van der Waals surface area (Å²) in [6.45, 7) is -0.286. The van der Waals surface area contributed by atoms with Crippen LogP contribution in [0.1, 0.15) is 0 Å². The number of sulfonamides is 1. The van der Waals surface area contributed by atoms with E-state index in [-0.39, 0.29) is 39.6 Å². The van der Waals surface area contributed by atoms with Crippen LogP contribution in [0.15, 0.2) is 40.1 Å². The molecule has 0 atom stereocenters. The van der Waals surface area contributed by atoms with Gasteiger partial charge < -0.3 is 10.1 Å². The van der Waals surface area contributed by atoms with Crippen molar-refractivity contribution in [2.45, 2.75) is 9.79 Å². The van der Waals surface area contributed by atoms with E-state index >= 15 is 0 Å². The molecule has 1 aliphatic heterocycles. The standard InChI is InChI=1S/C15H12ClFN2O4S2/c1-24-9-5-12-15(23-7-14(20)18-12)13(6-9)25(21,22)19-11-3-2-8(17)4-10(11)16/h2-6,19H,7H2,1H3,(H,18,20). The molecule has 1 heterocycles. The molecule has 25 heavy (non-hydrogen) atoms. The zero-order chi connectivity index (χ0) is 18.2. The second kappa shape index (κ2) is 6.74. The monoisotopic (exact) mass is 402 g/mol. The van der Waals surface area contributed by atoms with Crippen molar-refractivity contribution >= 4 is 50.7 Å². The van der Waals surface area contributed by atoms with Crippen LogP contribution in [0, 0.1) is 5.82 Å². The first-order valence-electron chi connectivity index (χ1n) is 6.93. The maximum Gasteiger partial charge on any atom is 0.265 e. The Balaban J connectivity index is 2.07. The Labute approximate surface area is 152 Å². The normalized spacial score (nSPS) is 13.6. The van der Waals surface area contributed by atoms with Crippen LogP contribution in [0.25, 0.3) is 0 Å². The van der Waals surface area contributed by atoms with Gasteiger partial charge >= 0.3 is 0 Å². The minimum Gasteiger partial charge on any atom is -0.480 e. The Bertz CT molecular complexity index is 966. The number of hydrogen-bond acceptors (Lipinski definition) is 5. The average molecular weight is 403 g/mol. The van der Waals surface area contributed by atoms with Crippen molar-refractivity contribution in [1.29, 1.82) is 0 Å². The highest BCUT2D eigenvalue weighted by atomic mass is 35.5. The number of carbonyl (C=O) groups is 1. The smallest absolute Gasteiger partial charge is 0.265 e. The lowest BCUT2D eigenvalue weighted by Gasteiger charge is -2.22. The highest BCUT2D eigenvalue weighted by molar-refractivity contribution is 7.98. The molecule has 0 bridgehead atoms. The van der Waals surface area contributed by atoms with Gasteiger partial charge in [0.05, 0.1) is 16.4 Å². The first-order valence-corrected chi connectivity index (χ1v) is 10.0. The molecule has 0 aliphatic carbocycles. The van der Waals surface area contributed by atoms with Crippen LogP contribution in [0.5, 0.6) is 5.75 Å². The van der Waals surface area contributed by atoms with E-state index in [0.29, 0.717) is 4.90 Å². The number of nitrogens with one attached hydrogen (secondary N) is 2. The van der Waals surface area contributed by atoms with E-state index < -0.39 is 15.8 Å². The molecule has 0 aromatic heterocycles. The molecule has 10 heteroatoms. The van der Waals surface area contributed by atoms with Crippen molar-refractivity contribution in [2.24, 2.45) is 0 Å². The molecule has 2 aromatic rings. The van der Waals surface area contributed by atoms with Gasteiger partial charge in [-0.15, -0.1) is 11.8 Å². The molecule has 6 nitrogen and oxygen atoms in total. The Hall–Kier alpha value is -1.97. The van der Waals surface area contributed by atoms with E-state index in [0.717, 1.165) is 12.1 Å². The van der Waals surface area contributed by atoms with Crippen molar-refractivity contribution in [1.82, 2.24) is 0 Å². The lowest BCUT2D eigenvalue weighted by molar-refractivity contribution is -0.118. The van der Waals surface area contributed by atoms with Crippen LogP contribution in [-0.4, -0.2) is 27.2 Å². The minimum absolute atomic E-state index is 0.0335. The fraction of sp³-hybridized carbons (Fsp3) is 0.133. The molecule has 1 amide bonds. The first-order chi connectivity index (χ1) is 11.8. The highest BCUT2D eigenvalue weighted by Gasteiger charge is 2.28. The minimum atomic E-state index is -4.09. The van der Waals surface area contributed by atoms with Gasteiger partial charge in [-0.3, -0.25) is 9.52 Å². The van der Waals surface area contributed by atoms with Crippen molar-refractivity contribution in [3.8, 4) is 5.75 Å². The van der Waals surface area contributed by atoms with Crippen LogP contribution in [0.3, 0.4) is 0 Å². The summed E-state index contributed by atoms with van der Waals surface area (Å²) in [6, 6.07) is 6.38. The number of carbonyl (C=O) groups excluding carboxylic acids is 1. The summed E-state index contributed by atoms with van der Waals surface area (Å²) in [6.07, 6.45) is 1.77. The van der Waals surface area contributed by atoms with Gasteiger partial charge in [-0.25, -0.2) is 12.8 Å². The van der Waals surface area contributed by atoms with E-state index in [2.05, 4.69) is 10.0 Å². The third-order valence-electron chi connectivity index (χ3n) is 3.35. The Morgan fingerprint density at radius 1 is 1.32 bits per heavy atom. The highest BCUT2D eigenvalue weighted by Crippen LogP contribution is 2.39. The van der Waals surface area contributed by atoms with Crippen molar-refractivity contribution in [3.05, 3.63) is 41.2 Å². The molecule has 2 aromatic carbocycles. The summed E-state index contributed by atoms with van der Waals surface area (Å²) in [7, 11) is -4.09. The van der Waals surface area contributed by atoms with Crippen molar-refractivity contribution < 1.29 is 22.3 Å². The maximum atomic E-state index is 13.1. The molecular weight excluding hydrogens is 391 g/mol. The van der Waals surface area contributed by atoms with E-state index in [9.17, 15) is 17.6 Å². The Kier molecular flexibility index (Phi) is 4.81. The number of rotatable bonds is 4. The summed E-state index contributed by atoms with van der Waals surface area (Å²) in [5, 5.41) is 2.51. The van der Waals surface area contributed by atoms with Gasteiger partial charge in [-0.1, -0.05) is 11.6 Å². The number of thioether (sulfide) groups is 1. The summed E-state index contributed by atoms with van der Waals surface area (Å²) < 4.78 is 46.3. The number of benzene rings is 2. The molecule has 132 valence electrons. The van der Waals surface area contributed by atoms with E-state index in [4.69, 9.17) is 16.3 Å². The van der Waals surface area contributed by atoms with Crippen LogP contribution in [0.2, 0.25) is 5.02 Å². The molecular formula is C15H12ClFN2O4S2. The average Bonchev–Trinajstić information content (AvgIpc) is 2.56. The van der Waals surface area contributed by atoms with Gasteiger partial charge in [-0.05, 0) is 36.6 Å². The zero-order valence-electron chi connectivity index (χ0n) is 12.8. The molecule has 0 radical (unpaired) electrons. The van der Waals surface area contributed by atoms with Crippen LogP contribution in [0.4, 0.5) is 15.8 Å². The largest absolute Gasteiger partial charge is 0.480 e. The maximum absolute atomic E-state index is 13.1. The third-order valence-corrected chi connectivity index (χ3v) is 5.74. The summed E-state index contributed by atoms with van der Waals surface area (Å²) in [4.78, 5) is 12.0. The first kappa shape index (κ1) is 17.8. The van der Waals surface area contributed by atoms with Crippen molar-refractivity contribution in [3.63, 3.8) is 0 Å². The SMILES string of the molecule is CSc1cc2c(c(S(=O)(=O)Nc3ccc(F)cc3Cl)c1)OCC(=O)N2. The fourth-order valence-corrected chi connectivity index (χ4v) is 4.32. The Morgan fingerprint density at radius 2 is 2.08 bits per heavy atom. The van der Waals surface area contributed by atoms with Gasteiger partial charge in [0, 0.05) is 4.90 Å². The van der Waals surface area contributed by atoms with Gasteiger partial charge in [-0.2, -0.15) is 0 Å². The second-order valence-electron chi connectivity index (χ2n) is 5.07. The zero-order valence-corrected chi connectivity index (χ0v) is 15.2. The molecule has 2 N–H and O–H groups in total. The lowest BCUT2D eigenvalue weighted by atomic mass is 10.2. The summed E-state index contributed by atoms with van der Waals surface area (Å²) in [5.74, 6) is -0.910. The number of hydrogen-bond donors (Lipinski definition) is 2. The van der Waals surface area contributed by atoms with E-state index in [1.165, 1.54) is 23.9 Å². The Morgan fingerprint density at radius 3 is 2.76 bits per heavy atom. The van der Waals surface area contributed by atoms with Crippen LogP contribution >= 0.6 is 23.4 Å². The topological polar surface area (TPSA) is 84.5 Å². The molecule has 0 unspecified atom stereocenters. The molecule has 0 fully saturated rings. The fourth-order valence-electron chi connectivity index (χ4n) is 2.23. The summed E-state index contributed by atoms with van der Waals surface area (Å²) in [5.41, 5.74) is 0.305. The third kappa shape index (κ3) is 3.68. The van der Waals surface area contributed by atoms with E-state index in [1.807, 2.05) is 0 Å². The number of ether oxygens (including phenoxy) is 1. The molecule has 1 aliphatic rings. The molecule has 0 saturated heterocycles. The van der Waals surface area contributed by atoms with E-state index in [1.54, 1.807) is 12.3 Å². The number of amides is 1. The second-order valence-corrected chi connectivity index (χ2v) is 8.01. The van der Waals surface area contributed by atoms with Gasteiger partial charge in [0.1, 0.15) is 10.7 Å². The molecule has 0 saturated carbocycles. The quantitative estimate of drug-likeness (QED) is 0.766. The van der Waals surface area contributed by atoms with Crippen LogP contribution < -0.4 is 14.8 Å². The van der Waals surface area contributed by atoms with Crippen LogP contribution in [-0.2, 0) is 14.8 Å². The number of fused-ring (bicyclic) bond motifs is 1. The van der Waals surface area contributed by atoms with Gasteiger partial charge in [0.15, 0.2) is 12.4 Å². The summed E-state index contributed by atoms with van der Waals surface area (Å²) >= 11 is 7.19. The molecule has 0 spiro atoms. The number of halogens is 2.